The monoisotopic (exact) mass is 303 g/mol. The summed E-state index contributed by atoms with van der Waals surface area (Å²) in [5.41, 5.74) is 4.57. The molecule has 2 rings (SSSR count). The lowest BCUT2D eigenvalue weighted by molar-refractivity contribution is -0.141. The highest BCUT2D eigenvalue weighted by atomic mass is 19.3. The topological polar surface area (TPSA) is 111 Å². The van der Waals surface area contributed by atoms with E-state index in [1.54, 1.807) is 0 Å². The number of halogens is 2. The molecule has 7 nitrogen and oxygen atoms in total. The van der Waals surface area contributed by atoms with E-state index in [9.17, 15) is 23.8 Å². The van der Waals surface area contributed by atoms with Crippen molar-refractivity contribution in [1.29, 1.82) is 0 Å². The Morgan fingerprint density at radius 3 is 2.76 bits per heavy atom. The Morgan fingerprint density at radius 1 is 1.67 bits per heavy atom. The van der Waals surface area contributed by atoms with Gasteiger partial charge in [-0.3, -0.25) is 4.57 Å². The molecule has 1 aromatic rings. The normalized spacial score (nSPS) is 29.3. The van der Waals surface area contributed by atoms with Gasteiger partial charge in [-0.05, 0) is 6.92 Å². The number of hydrogen-bond donors (Lipinski definition) is 3. The molecule has 0 aromatic carbocycles. The van der Waals surface area contributed by atoms with Gasteiger partial charge in [0.2, 0.25) is 6.23 Å². The number of aliphatic hydroxyl groups excluding tert-OH is 2. The number of anilines is 1. The molecule has 0 radical (unpaired) electrons. The Balaban J connectivity index is 2.52. The second-order valence-corrected chi connectivity index (χ2v) is 4.79. The van der Waals surface area contributed by atoms with E-state index in [0.717, 1.165) is 6.20 Å². The van der Waals surface area contributed by atoms with Gasteiger partial charge in [0.05, 0.1) is 6.10 Å². The zero-order chi connectivity index (χ0) is 15.9. The molecule has 1 aliphatic rings. The number of hydrogen-bond acceptors (Lipinski definition) is 6. The molecule has 0 amide bonds. The van der Waals surface area contributed by atoms with Crippen LogP contribution in [0.4, 0.5) is 14.6 Å². The summed E-state index contributed by atoms with van der Waals surface area (Å²) in [7, 11) is 0. The van der Waals surface area contributed by atoms with Crippen LogP contribution in [0, 0.1) is 0 Å². The Kier molecular flexibility index (Phi) is 3.83. The fourth-order valence-electron chi connectivity index (χ4n) is 2.13. The first-order valence-electron chi connectivity index (χ1n) is 6.10. The van der Waals surface area contributed by atoms with E-state index in [2.05, 4.69) is 11.6 Å². The second kappa shape index (κ2) is 5.17. The number of aliphatic hydroxyl groups is 2. The van der Waals surface area contributed by atoms with Gasteiger partial charge in [-0.1, -0.05) is 12.7 Å². The van der Waals surface area contributed by atoms with Gasteiger partial charge in [-0.15, -0.1) is 0 Å². The largest absolute Gasteiger partial charge is 0.391 e. The summed E-state index contributed by atoms with van der Waals surface area (Å²) in [5, 5.41) is 19.0. The molecule has 0 unspecified atom stereocenters. The highest BCUT2D eigenvalue weighted by Gasteiger charge is 2.60. The first kappa shape index (κ1) is 15.5. The molecule has 0 aliphatic carbocycles. The van der Waals surface area contributed by atoms with Gasteiger partial charge >= 0.3 is 11.6 Å². The molecule has 116 valence electrons. The highest BCUT2D eigenvalue weighted by Crippen LogP contribution is 2.43. The minimum Gasteiger partial charge on any atom is -0.391 e. The lowest BCUT2D eigenvalue weighted by Gasteiger charge is -2.21. The number of nitrogens with zero attached hydrogens (tertiary/aromatic N) is 2. The number of alkyl halides is 2. The smallest absolute Gasteiger partial charge is 0.351 e. The molecule has 0 bridgehead atoms. The van der Waals surface area contributed by atoms with Gasteiger partial charge in [0.1, 0.15) is 11.9 Å². The molecule has 21 heavy (non-hydrogen) atoms. The fourth-order valence-corrected chi connectivity index (χ4v) is 2.13. The second-order valence-electron chi connectivity index (χ2n) is 4.79. The Hall–Kier alpha value is -1.84. The summed E-state index contributed by atoms with van der Waals surface area (Å²) in [6, 6.07) is 0. The van der Waals surface area contributed by atoms with Crippen molar-refractivity contribution in [1.82, 2.24) is 9.55 Å². The molecule has 1 saturated heterocycles. The molecule has 1 aliphatic heterocycles. The van der Waals surface area contributed by atoms with Gasteiger partial charge in [-0.2, -0.15) is 13.8 Å². The molecule has 0 spiro atoms. The van der Waals surface area contributed by atoms with E-state index in [0.29, 0.717) is 4.57 Å². The number of rotatable bonds is 3. The molecule has 4 N–H and O–H groups in total. The van der Waals surface area contributed by atoms with Crippen molar-refractivity contribution in [3.05, 3.63) is 28.8 Å². The van der Waals surface area contributed by atoms with Crippen LogP contribution >= 0.6 is 0 Å². The maximum absolute atomic E-state index is 14.1. The number of aromatic nitrogens is 2. The van der Waals surface area contributed by atoms with Crippen LogP contribution in [0.2, 0.25) is 0 Å². The molecule has 4 atom stereocenters. The third-order valence-corrected chi connectivity index (χ3v) is 3.28. The van der Waals surface area contributed by atoms with E-state index < -0.39 is 36.2 Å². The summed E-state index contributed by atoms with van der Waals surface area (Å²) in [4.78, 5) is 15.2. The summed E-state index contributed by atoms with van der Waals surface area (Å²) >= 11 is 0. The van der Waals surface area contributed by atoms with Gasteiger partial charge in [0.15, 0.2) is 6.10 Å². The number of nitrogens with two attached hydrogens (primary N) is 1. The number of nitrogen functional groups attached to an aromatic ring is 1. The molecule has 2 heterocycles. The molecule has 0 saturated carbocycles. The van der Waals surface area contributed by atoms with Crippen molar-refractivity contribution >= 4 is 11.9 Å². The maximum atomic E-state index is 14.1. The summed E-state index contributed by atoms with van der Waals surface area (Å²) in [6.07, 6.45) is -4.94. The predicted octanol–water partition coefficient (Wildman–Crippen LogP) is -0.257. The van der Waals surface area contributed by atoms with Crippen LogP contribution in [-0.2, 0) is 4.74 Å². The predicted molar refractivity (Wildman–Crippen MR) is 69.5 cm³/mol. The fraction of sp³-hybridized carbons (Fsp3) is 0.500. The molecular formula is C12H15F2N3O4. The molecular weight excluding hydrogens is 288 g/mol. The minimum absolute atomic E-state index is 0.153. The van der Waals surface area contributed by atoms with Crippen molar-refractivity contribution in [3.63, 3.8) is 0 Å². The molecule has 1 aromatic heterocycles. The van der Waals surface area contributed by atoms with Crippen molar-refractivity contribution in [3.8, 4) is 0 Å². The van der Waals surface area contributed by atoms with Gasteiger partial charge in [0.25, 0.3) is 0 Å². The Morgan fingerprint density at radius 2 is 2.29 bits per heavy atom. The van der Waals surface area contributed by atoms with Crippen molar-refractivity contribution in [2.75, 3.05) is 5.73 Å². The van der Waals surface area contributed by atoms with E-state index >= 15 is 0 Å². The van der Waals surface area contributed by atoms with E-state index in [4.69, 9.17) is 10.5 Å². The van der Waals surface area contributed by atoms with Crippen LogP contribution in [0.3, 0.4) is 0 Å². The summed E-state index contributed by atoms with van der Waals surface area (Å²) < 4.78 is 33.6. The Bertz CT molecular complexity index is 617. The van der Waals surface area contributed by atoms with Crippen LogP contribution < -0.4 is 11.4 Å². The third kappa shape index (κ3) is 2.43. The first-order chi connectivity index (χ1) is 9.70. The molecule has 9 heteroatoms. The van der Waals surface area contributed by atoms with Crippen LogP contribution in [0.15, 0.2) is 17.6 Å². The van der Waals surface area contributed by atoms with Crippen molar-refractivity contribution in [2.45, 2.75) is 37.4 Å². The third-order valence-electron chi connectivity index (χ3n) is 3.28. The van der Waals surface area contributed by atoms with E-state index in [-0.39, 0.29) is 11.4 Å². The van der Waals surface area contributed by atoms with Crippen LogP contribution in [0.5, 0.6) is 0 Å². The van der Waals surface area contributed by atoms with Gasteiger partial charge < -0.3 is 20.7 Å². The maximum Gasteiger partial charge on any atom is 0.351 e. The van der Waals surface area contributed by atoms with Crippen LogP contribution in [-0.4, -0.2) is 44.0 Å². The SMILES string of the molecule is C=Cc1cn([C@@H]2O[C@H]([C@H](C)O)[C@@H](O)C2(F)F)c(=O)nc1N. The van der Waals surface area contributed by atoms with E-state index in [1.165, 1.54) is 13.0 Å². The average Bonchev–Trinajstić information content (AvgIpc) is 2.62. The zero-order valence-corrected chi connectivity index (χ0v) is 11.1. The van der Waals surface area contributed by atoms with Gasteiger partial charge in [0, 0.05) is 11.8 Å². The molecule has 1 fully saturated rings. The highest BCUT2D eigenvalue weighted by molar-refractivity contribution is 5.57. The van der Waals surface area contributed by atoms with Crippen LogP contribution in [0.25, 0.3) is 6.08 Å². The quantitative estimate of drug-likeness (QED) is 0.710. The van der Waals surface area contributed by atoms with Crippen molar-refractivity contribution < 1.29 is 23.7 Å². The number of ether oxygens (including phenoxy) is 1. The van der Waals surface area contributed by atoms with Crippen molar-refractivity contribution in [2.24, 2.45) is 0 Å². The minimum atomic E-state index is -3.78. The lowest BCUT2D eigenvalue weighted by Crippen LogP contribution is -2.43. The zero-order valence-electron chi connectivity index (χ0n) is 11.1. The average molecular weight is 303 g/mol. The lowest BCUT2D eigenvalue weighted by atomic mass is 10.1. The van der Waals surface area contributed by atoms with Gasteiger partial charge in [-0.25, -0.2) is 4.79 Å². The first-order valence-corrected chi connectivity index (χ1v) is 6.10. The Labute approximate surface area is 118 Å². The summed E-state index contributed by atoms with van der Waals surface area (Å²) in [5.74, 6) is -3.93. The standard InChI is InChI=1S/C12H15F2N3O4/c1-3-6-4-17(11(20)16-9(6)15)10-12(13,14)8(19)7(21-10)5(2)18/h3-5,7-8,10,18-19H,1H2,2H3,(H2,15,16,20)/t5-,7+,8+,10+/m0/s1. The van der Waals surface area contributed by atoms with E-state index in [1.807, 2.05) is 0 Å². The van der Waals surface area contributed by atoms with Crippen LogP contribution in [0.1, 0.15) is 18.7 Å². The summed E-state index contributed by atoms with van der Waals surface area (Å²) in [6.45, 7) is 4.63.